The maximum atomic E-state index is 10.7. The Balaban J connectivity index is 3.28. The fraction of sp³-hybridized carbons (Fsp3) is 0.417. The van der Waals surface area contributed by atoms with Crippen LogP contribution < -0.4 is 0 Å². The number of carboxylic acids is 1. The Kier molecular flexibility index (Phi) is 3.35. The van der Waals surface area contributed by atoms with Crippen molar-refractivity contribution in [1.82, 2.24) is 0 Å². The van der Waals surface area contributed by atoms with Crippen LogP contribution in [0.3, 0.4) is 0 Å². The van der Waals surface area contributed by atoms with Crippen molar-refractivity contribution in [2.45, 2.75) is 33.1 Å². The second-order valence-corrected chi connectivity index (χ2v) is 4.02. The number of phenols is 1. The van der Waals surface area contributed by atoms with E-state index >= 15 is 0 Å². The number of carboxylic acid groups (broad SMARTS) is 1. The second kappa shape index (κ2) is 4.34. The van der Waals surface area contributed by atoms with Crippen LogP contribution in [0, 0.1) is 6.92 Å². The van der Waals surface area contributed by atoms with Gasteiger partial charge in [0.25, 0.3) is 0 Å². The van der Waals surface area contributed by atoms with E-state index in [2.05, 4.69) is 0 Å². The molecule has 3 nitrogen and oxygen atoms in total. The molecule has 0 atom stereocenters. The third-order valence-corrected chi connectivity index (χ3v) is 2.47. The van der Waals surface area contributed by atoms with E-state index in [4.69, 9.17) is 5.11 Å². The molecular weight excluding hydrogens is 192 g/mol. The summed E-state index contributed by atoms with van der Waals surface area (Å²) in [5.74, 6) is -0.591. The zero-order valence-corrected chi connectivity index (χ0v) is 9.24. The van der Waals surface area contributed by atoms with Gasteiger partial charge in [0, 0.05) is 5.56 Å². The first-order valence-electron chi connectivity index (χ1n) is 4.96. The minimum absolute atomic E-state index is 0.114. The number of benzene rings is 1. The lowest BCUT2D eigenvalue weighted by molar-refractivity contribution is -0.136. The van der Waals surface area contributed by atoms with Gasteiger partial charge in [-0.1, -0.05) is 26.0 Å². The van der Waals surface area contributed by atoms with Crippen LogP contribution >= 0.6 is 0 Å². The number of hydrogen-bond acceptors (Lipinski definition) is 2. The van der Waals surface area contributed by atoms with E-state index in [0.29, 0.717) is 5.56 Å². The number of phenolic OH excluding ortho intramolecular Hbond substituents is 1. The Morgan fingerprint density at radius 1 is 1.40 bits per heavy atom. The molecule has 0 aromatic heterocycles. The van der Waals surface area contributed by atoms with Crippen LogP contribution in [0.2, 0.25) is 0 Å². The topological polar surface area (TPSA) is 57.5 Å². The van der Waals surface area contributed by atoms with E-state index in [9.17, 15) is 9.90 Å². The number of rotatable bonds is 3. The molecule has 82 valence electrons. The number of aryl methyl sites for hydroxylation is 1. The van der Waals surface area contributed by atoms with E-state index in [1.807, 2.05) is 26.0 Å². The normalized spacial score (nSPS) is 10.7. The molecule has 1 rings (SSSR count). The highest BCUT2D eigenvalue weighted by Gasteiger charge is 2.15. The summed E-state index contributed by atoms with van der Waals surface area (Å²) in [6, 6.07) is 3.70. The molecule has 0 aliphatic rings. The third-order valence-electron chi connectivity index (χ3n) is 2.47. The Labute approximate surface area is 89.4 Å². The van der Waals surface area contributed by atoms with Crippen molar-refractivity contribution in [2.75, 3.05) is 0 Å². The summed E-state index contributed by atoms with van der Waals surface area (Å²) in [4.78, 5) is 10.7. The second-order valence-electron chi connectivity index (χ2n) is 4.02. The van der Waals surface area contributed by atoms with Crippen molar-refractivity contribution in [3.8, 4) is 5.75 Å². The molecule has 1 aromatic carbocycles. The molecule has 0 bridgehead atoms. The molecule has 0 aliphatic carbocycles. The molecule has 15 heavy (non-hydrogen) atoms. The highest BCUT2D eigenvalue weighted by atomic mass is 16.4. The predicted octanol–water partition coefficient (Wildman–Crippen LogP) is 2.45. The molecule has 0 spiro atoms. The molecule has 0 heterocycles. The van der Waals surface area contributed by atoms with Crippen LogP contribution in [-0.2, 0) is 11.2 Å². The monoisotopic (exact) mass is 208 g/mol. The summed E-state index contributed by atoms with van der Waals surface area (Å²) in [6.07, 6.45) is -0.124. The van der Waals surface area contributed by atoms with Gasteiger partial charge < -0.3 is 10.2 Å². The van der Waals surface area contributed by atoms with Gasteiger partial charge in [-0.2, -0.15) is 0 Å². The van der Waals surface area contributed by atoms with Crippen LogP contribution in [0.15, 0.2) is 12.1 Å². The zero-order valence-electron chi connectivity index (χ0n) is 9.24. The standard InChI is InChI=1S/C12H16O3/c1-7(2)9-5-4-8(3)12(15)10(9)6-11(13)14/h4-5,7,15H,6H2,1-3H3,(H,13,14). The molecule has 0 amide bonds. The van der Waals surface area contributed by atoms with Crippen LogP contribution in [-0.4, -0.2) is 16.2 Å². The minimum atomic E-state index is -0.919. The summed E-state index contributed by atoms with van der Waals surface area (Å²) < 4.78 is 0. The summed E-state index contributed by atoms with van der Waals surface area (Å²) in [7, 11) is 0. The highest BCUT2D eigenvalue weighted by molar-refractivity contribution is 5.72. The van der Waals surface area contributed by atoms with Gasteiger partial charge >= 0.3 is 5.97 Å². The molecule has 0 saturated carbocycles. The Morgan fingerprint density at radius 3 is 2.47 bits per heavy atom. The van der Waals surface area contributed by atoms with Crippen molar-refractivity contribution in [2.24, 2.45) is 0 Å². The van der Waals surface area contributed by atoms with E-state index in [-0.39, 0.29) is 18.1 Å². The fourth-order valence-electron chi connectivity index (χ4n) is 1.65. The lowest BCUT2D eigenvalue weighted by Crippen LogP contribution is -2.05. The average molecular weight is 208 g/mol. The first kappa shape index (κ1) is 11.6. The van der Waals surface area contributed by atoms with Crippen LogP contribution in [0.25, 0.3) is 0 Å². The molecule has 3 heteroatoms. The minimum Gasteiger partial charge on any atom is -0.507 e. The van der Waals surface area contributed by atoms with Gasteiger partial charge in [-0.25, -0.2) is 0 Å². The Hall–Kier alpha value is -1.51. The van der Waals surface area contributed by atoms with Crippen LogP contribution in [0.4, 0.5) is 0 Å². The van der Waals surface area contributed by atoms with Gasteiger partial charge in [0.1, 0.15) is 5.75 Å². The first-order chi connectivity index (χ1) is 6.93. The highest BCUT2D eigenvalue weighted by Crippen LogP contribution is 2.30. The molecule has 1 aromatic rings. The summed E-state index contributed by atoms with van der Waals surface area (Å²) in [5.41, 5.74) is 2.16. The number of aliphatic carboxylic acids is 1. The molecule has 0 saturated heterocycles. The fourth-order valence-corrected chi connectivity index (χ4v) is 1.65. The van der Waals surface area contributed by atoms with E-state index < -0.39 is 5.97 Å². The van der Waals surface area contributed by atoms with Crippen molar-refractivity contribution in [3.63, 3.8) is 0 Å². The Morgan fingerprint density at radius 2 is 2.00 bits per heavy atom. The van der Waals surface area contributed by atoms with Crippen LogP contribution in [0.5, 0.6) is 5.75 Å². The summed E-state index contributed by atoms with van der Waals surface area (Å²) in [5, 5.41) is 18.6. The van der Waals surface area contributed by atoms with Crippen molar-refractivity contribution < 1.29 is 15.0 Å². The molecular formula is C12H16O3. The average Bonchev–Trinajstić information content (AvgIpc) is 2.12. The maximum Gasteiger partial charge on any atom is 0.307 e. The van der Waals surface area contributed by atoms with Crippen molar-refractivity contribution in [1.29, 1.82) is 0 Å². The quantitative estimate of drug-likeness (QED) is 0.802. The first-order valence-corrected chi connectivity index (χ1v) is 4.96. The molecule has 0 aliphatic heterocycles. The van der Waals surface area contributed by atoms with Gasteiger partial charge in [0.2, 0.25) is 0 Å². The van der Waals surface area contributed by atoms with Crippen molar-refractivity contribution in [3.05, 3.63) is 28.8 Å². The van der Waals surface area contributed by atoms with Gasteiger partial charge in [0.15, 0.2) is 0 Å². The van der Waals surface area contributed by atoms with Gasteiger partial charge in [0.05, 0.1) is 6.42 Å². The van der Waals surface area contributed by atoms with E-state index in [1.54, 1.807) is 6.92 Å². The summed E-state index contributed by atoms with van der Waals surface area (Å²) >= 11 is 0. The molecule has 0 unspecified atom stereocenters. The number of aromatic hydroxyl groups is 1. The van der Waals surface area contributed by atoms with Crippen molar-refractivity contribution >= 4 is 5.97 Å². The zero-order chi connectivity index (χ0) is 11.6. The SMILES string of the molecule is Cc1ccc(C(C)C)c(CC(=O)O)c1O. The molecule has 0 fully saturated rings. The maximum absolute atomic E-state index is 10.7. The lowest BCUT2D eigenvalue weighted by atomic mass is 9.93. The van der Waals surface area contributed by atoms with Gasteiger partial charge in [-0.05, 0) is 24.0 Å². The Bertz CT molecular complexity index is 381. The largest absolute Gasteiger partial charge is 0.507 e. The van der Waals surface area contributed by atoms with E-state index in [0.717, 1.165) is 11.1 Å². The number of carbonyl (C=O) groups is 1. The van der Waals surface area contributed by atoms with Gasteiger partial charge in [-0.15, -0.1) is 0 Å². The number of hydrogen-bond donors (Lipinski definition) is 2. The summed E-state index contributed by atoms with van der Waals surface area (Å²) in [6.45, 7) is 5.73. The lowest BCUT2D eigenvalue weighted by Gasteiger charge is -2.14. The predicted molar refractivity (Wildman–Crippen MR) is 58.3 cm³/mol. The molecule has 2 N–H and O–H groups in total. The smallest absolute Gasteiger partial charge is 0.307 e. The third kappa shape index (κ3) is 2.49. The van der Waals surface area contributed by atoms with E-state index in [1.165, 1.54) is 0 Å². The molecule has 0 radical (unpaired) electrons. The van der Waals surface area contributed by atoms with Crippen LogP contribution in [0.1, 0.15) is 36.5 Å². The van der Waals surface area contributed by atoms with Gasteiger partial charge in [-0.3, -0.25) is 4.79 Å².